The Morgan fingerprint density at radius 2 is 2.09 bits per heavy atom. The van der Waals surface area contributed by atoms with E-state index in [0.29, 0.717) is 16.0 Å². The van der Waals surface area contributed by atoms with Crippen molar-refractivity contribution in [3.05, 3.63) is 0 Å². The minimum absolute atomic E-state index is 0.0835. The van der Waals surface area contributed by atoms with E-state index in [-0.39, 0.29) is 18.1 Å². The van der Waals surface area contributed by atoms with Crippen LogP contribution in [-0.2, 0) is 4.79 Å². The molecule has 2 heterocycles. The zero-order valence-electron chi connectivity index (χ0n) is 13.4. The summed E-state index contributed by atoms with van der Waals surface area (Å²) in [6.45, 7) is 0.937. The summed E-state index contributed by atoms with van der Waals surface area (Å²) in [5, 5.41) is 6.57. The minimum Gasteiger partial charge on any atom is -0.339 e. The lowest BCUT2D eigenvalue weighted by atomic mass is 9.80. The third kappa shape index (κ3) is 5.31. The number of rotatable bonds is 4. The number of alkyl halides is 2. The molecule has 0 radical (unpaired) electrons. The van der Waals surface area contributed by atoms with Gasteiger partial charge in [0.25, 0.3) is 0 Å². The zero-order chi connectivity index (χ0) is 16.2. The zero-order valence-corrected chi connectivity index (χ0v) is 15.8. The minimum atomic E-state index is -0.577. The first-order chi connectivity index (χ1) is 11.1. The van der Waals surface area contributed by atoms with E-state index in [4.69, 9.17) is 0 Å². The summed E-state index contributed by atoms with van der Waals surface area (Å²) in [5.74, 6) is 1.28. The Labute approximate surface area is 150 Å². The van der Waals surface area contributed by atoms with E-state index < -0.39 is 6.17 Å². The first kappa shape index (κ1) is 18.0. The van der Waals surface area contributed by atoms with Crippen LogP contribution in [0.5, 0.6) is 0 Å². The van der Waals surface area contributed by atoms with E-state index in [2.05, 4.69) is 31.3 Å². The molecule has 0 aromatic rings. The largest absolute Gasteiger partial charge is 0.339 e. The fourth-order valence-corrected chi connectivity index (χ4v) is 5.52. The number of carbonyl (C=O) groups is 1. The molecule has 3 fully saturated rings. The molecule has 1 saturated carbocycles. The van der Waals surface area contributed by atoms with E-state index in [1.165, 1.54) is 6.42 Å². The topological polar surface area (TPSA) is 53.2 Å². The standard InChI is InChI=1S/C16H27BrFN3OS/c17-14-8-13(21-23-14)16(22)20-15-5-4-11(9-19-15)6-10-2-1-3-12(18)7-10/h10-15,19,21H,1-9H2,(H,20,22). The maximum Gasteiger partial charge on any atom is 0.239 e. The van der Waals surface area contributed by atoms with E-state index in [1.807, 2.05) is 0 Å². The normalized spacial score (nSPS) is 41.7. The fourth-order valence-electron chi connectivity index (χ4n) is 4.02. The van der Waals surface area contributed by atoms with Crippen LogP contribution < -0.4 is 15.4 Å². The third-order valence-electron chi connectivity index (χ3n) is 5.29. The molecule has 3 rings (SSSR count). The number of halogens is 2. The molecule has 4 nitrogen and oxygen atoms in total. The molecule has 3 aliphatic rings. The van der Waals surface area contributed by atoms with Crippen LogP contribution in [0, 0.1) is 11.8 Å². The second kappa shape index (κ2) is 8.50. The molecule has 0 aromatic heterocycles. The Bertz CT molecular complexity index is 409. The molecule has 6 atom stereocenters. The molecule has 3 N–H and O–H groups in total. The van der Waals surface area contributed by atoms with Crippen LogP contribution in [-0.4, -0.2) is 35.0 Å². The highest BCUT2D eigenvalue weighted by Crippen LogP contribution is 2.33. The highest BCUT2D eigenvalue weighted by molar-refractivity contribution is 9.11. The van der Waals surface area contributed by atoms with E-state index in [9.17, 15) is 9.18 Å². The summed E-state index contributed by atoms with van der Waals surface area (Å²) in [5.41, 5.74) is 0. The van der Waals surface area contributed by atoms with Crippen molar-refractivity contribution < 1.29 is 9.18 Å². The molecule has 0 bridgehead atoms. The van der Waals surface area contributed by atoms with Gasteiger partial charge in [0.05, 0.1) is 16.4 Å². The molecule has 0 aromatic carbocycles. The van der Waals surface area contributed by atoms with Crippen LogP contribution in [0.4, 0.5) is 4.39 Å². The predicted molar refractivity (Wildman–Crippen MR) is 96.0 cm³/mol. The Morgan fingerprint density at radius 1 is 1.22 bits per heavy atom. The number of carbonyl (C=O) groups excluding carboxylic acids is 1. The molecule has 2 saturated heterocycles. The van der Waals surface area contributed by atoms with Gasteiger partial charge in [0.1, 0.15) is 6.17 Å². The van der Waals surface area contributed by atoms with Gasteiger partial charge in [-0.05, 0) is 56.9 Å². The second-order valence-electron chi connectivity index (χ2n) is 7.21. The van der Waals surface area contributed by atoms with Crippen LogP contribution in [0.25, 0.3) is 0 Å². The quantitative estimate of drug-likeness (QED) is 0.495. The lowest BCUT2D eigenvalue weighted by molar-refractivity contribution is -0.123. The van der Waals surface area contributed by atoms with Gasteiger partial charge in [-0.1, -0.05) is 40.7 Å². The highest BCUT2D eigenvalue weighted by Gasteiger charge is 2.31. The summed E-state index contributed by atoms with van der Waals surface area (Å²) in [7, 11) is 0. The highest BCUT2D eigenvalue weighted by atomic mass is 79.9. The Morgan fingerprint density at radius 3 is 2.74 bits per heavy atom. The molecule has 132 valence electrons. The predicted octanol–water partition coefficient (Wildman–Crippen LogP) is 3.08. The van der Waals surface area contributed by atoms with Crippen molar-refractivity contribution in [1.82, 2.24) is 15.4 Å². The molecule has 2 aliphatic heterocycles. The first-order valence-corrected chi connectivity index (χ1v) is 10.6. The second-order valence-corrected chi connectivity index (χ2v) is 9.96. The molecule has 23 heavy (non-hydrogen) atoms. The Hall–Kier alpha value is 0.150. The van der Waals surface area contributed by atoms with Gasteiger partial charge in [-0.15, -0.1) is 0 Å². The Kier molecular flexibility index (Phi) is 6.63. The molecule has 0 spiro atoms. The summed E-state index contributed by atoms with van der Waals surface area (Å²) >= 11 is 5.08. The van der Waals surface area contributed by atoms with E-state index in [0.717, 1.165) is 51.5 Å². The van der Waals surface area contributed by atoms with Crippen molar-refractivity contribution in [2.75, 3.05) is 6.54 Å². The van der Waals surface area contributed by atoms with Gasteiger partial charge in [0, 0.05) is 0 Å². The lowest BCUT2D eigenvalue weighted by Crippen LogP contribution is -2.53. The number of nitrogens with one attached hydrogen (secondary N) is 3. The monoisotopic (exact) mass is 407 g/mol. The maximum atomic E-state index is 13.5. The van der Waals surface area contributed by atoms with Crippen molar-refractivity contribution in [3.63, 3.8) is 0 Å². The first-order valence-electron chi connectivity index (χ1n) is 8.83. The van der Waals surface area contributed by atoms with Gasteiger partial charge in [0.15, 0.2) is 0 Å². The van der Waals surface area contributed by atoms with E-state index >= 15 is 0 Å². The van der Waals surface area contributed by atoms with Crippen LogP contribution in [0.3, 0.4) is 0 Å². The fraction of sp³-hybridized carbons (Fsp3) is 0.938. The van der Waals surface area contributed by atoms with Gasteiger partial charge in [-0.25, -0.2) is 4.39 Å². The molecule has 1 amide bonds. The molecular formula is C16H27BrFN3OS. The van der Waals surface area contributed by atoms with E-state index in [1.54, 1.807) is 11.9 Å². The SMILES string of the molecule is O=C(NC1CCC(CC2CCCC(F)C2)CN1)C1CC(Br)SN1. The number of amides is 1. The van der Waals surface area contributed by atoms with Crippen LogP contribution in [0.15, 0.2) is 0 Å². The van der Waals surface area contributed by atoms with Crippen molar-refractivity contribution in [1.29, 1.82) is 0 Å². The summed E-state index contributed by atoms with van der Waals surface area (Å²) in [4.78, 5) is 12.2. The third-order valence-corrected chi connectivity index (χ3v) is 7.10. The summed E-state index contributed by atoms with van der Waals surface area (Å²) < 4.78 is 17.0. The van der Waals surface area contributed by atoms with Gasteiger partial charge in [-0.3, -0.25) is 14.8 Å². The molecular weight excluding hydrogens is 381 g/mol. The smallest absolute Gasteiger partial charge is 0.239 e. The average molecular weight is 408 g/mol. The molecule has 6 unspecified atom stereocenters. The molecule has 7 heteroatoms. The van der Waals surface area contributed by atoms with Gasteiger partial charge in [-0.2, -0.15) is 0 Å². The summed E-state index contributed by atoms with van der Waals surface area (Å²) in [6.07, 6.45) is 7.32. The van der Waals surface area contributed by atoms with Crippen molar-refractivity contribution in [2.24, 2.45) is 11.8 Å². The lowest BCUT2D eigenvalue weighted by Gasteiger charge is -2.34. The number of hydrogen-bond acceptors (Lipinski definition) is 4. The van der Waals surface area contributed by atoms with Crippen LogP contribution >= 0.6 is 27.9 Å². The van der Waals surface area contributed by atoms with Crippen molar-refractivity contribution in [2.45, 2.75) is 73.9 Å². The van der Waals surface area contributed by atoms with Crippen LogP contribution in [0.1, 0.15) is 51.4 Å². The Balaban J connectivity index is 1.36. The van der Waals surface area contributed by atoms with Gasteiger partial charge < -0.3 is 5.32 Å². The number of piperidine rings is 1. The van der Waals surface area contributed by atoms with Crippen LogP contribution in [0.2, 0.25) is 0 Å². The summed E-state index contributed by atoms with van der Waals surface area (Å²) in [6, 6.07) is -0.104. The van der Waals surface area contributed by atoms with Crippen molar-refractivity contribution >= 4 is 33.8 Å². The molecule has 1 aliphatic carbocycles. The van der Waals surface area contributed by atoms with Gasteiger partial charge >= 0.3 is 0 Å². The maximum absolute atomic E-state index is 13.5. The number of hydrogen-bond donors (Lipinski definition) is 3. The van der Waals surface area contributed by atoms with Crippen molar-refractivity contribution in [3.8, 4) is 0 Å². The van der Waals surface area contributed by atoms with Gasteiger partial charge in [0.2, 0.25) is 5.91 Å². The average Bonchev–Trinajstić information content (AvgIpc) is 2.96.